The summed E-state index contributed by atoms with van der Waals surface area (Å²) in [4.78, 5) is 30.3. The number of piperazine rings is 1. The third-order valence-corrected chi connectivity index (χ3v) is 5.38. The maximum Gasteiger partial charge on any atom is 0.318 e. The van der Waals surface area contributed by atoms with Gasteiger partial charge < -0.3 is 20.2 Å². The topological polar surface area (TPSA) is 76.1 Å². The lowest BCUT2D eigenvalue weighted by Gasteiger charge is -2.58. The van der Waals surface area contributed by atoms with Gasteiger partial charge in [-0.3, -0.25) is 9.69 Å². The zero-order valence-corrected chi connectivity index (χ0v) is 17.6. The highest BCUT2D eigenvalue weighted by Crippen LogP contribution is 2.42. The first-order valence-corrected chi connectivity index (χ1v) is 10.0. The van der Waals surface area contributed by atoms with Crippen LogP contribution in [0.25, 0.3) is 0 Å². The Morgan fingerprint density at radius 2 is 2.00 bits per heavy atom. The molecule has 1 aromatic rings. The summed E-state index contributed by atoms with van der Waals surface area (Å²) in [5.74, 6) is 6.15. The number of urea groups is 1. The summed E-state index contributed by atoms with van der Waals surface area (Å²) in [7, 11) is 3.96. The molecule has 0 aromatic heterocycles. The molecule has 2 aliphatic heterocycles. The molecule has 0 aliphatic carbocycles. The number of rotatable bonds is 4. The number of benzene rings is 1. The maximum atomic E-state index is 12.6. The number of carbonyl (C=O) groups excluding carboxylic acids is 2. The van der Waals surface area contributed by atoms with Crippen molar-refractivity contribution in [2.24, 2.45) is 0 Å². The van der Waals surface area contributed by atoms with Crippen LogP contribution in [0, 0.1) is 11.8 Å². The molecule has 0 radical (unpaired) electrons. The Labute approximate surface area is 172 Å². The first-order valence-electron chi connectivity index (χ1n) is 10.0. The first kappa shape index (κ1) is 21.2. The molecule has 0 spiro atoms. The van der Waals surface area contributed by atoms with Crippen molar-refractivity contribution in [3.05, 3.63) is 35.4 Å². The molecule has 2 N–H and O–H groups in total. The number of nitrogens with one attached hydrogen (secondary N) is 1. The number of aliphatic hydroxyl groups is 1. The molecule has 3 amide bonds. The molecule has 2 aliphatic rings. The van der Waals surface area contributed by atoms with E-state index in [-0.39, 0.29) is 49.1 Å². The summed E-state index contributed by atoms with van der Waals surface area (Å²) in [5, 5.41) is 12.7. The molecule has 156 valence electrons. The van der Waals surface area contributed by atoms with Gasteiger partial charge in [0.1, 0.15) is 6.54 Å². The molecule has 3 atom stereocenters. The first-order chi connectivity index (χ1) is 13.8. The zero-order chi connectivity index (χ0) is 21.1. The van der Waals surface area contributed by atoms with Crippen molar-refractivity contribution in [2.75, 3.05) is 40.3 Å². The second kappa shape index (κ2) is 8.85. The Balaban J connectivity index is 1.75. The van der Waals surface area contributed by atoms with Crippen molar-refractivity contribution in [2.45, 2.75) is 37.9 Å². The predicted octanol–water partition coefficient (Wildman–Crippen LogP) is 0.689. The molecule has 3 rings (SSSR count). The number of aliphatic hydroxyl groups excluding tert-OH is 1. The van der Waals surface area contributed by atoms with Gasteiger partial charge in [-0.1, -0.05) is 24.0 Å². The minimum absolute atomic E-state index is 0.00221. The van der Waals surface area contributed by atoms with Gasteiger partial charge in [0.2, 0.25) is 5.91 Å². The quantitative estimate of drug-likeness (QED) is 0.732. The van der Waals surface area contributed by atoms with E-state index in [1.54, 1.807) is 9.80 Å². The van der Waals surface area contributed by atoms with Crippen molar-refractivity contribution in [3.8, 4) is 11.8 Å². The molecule has 7 nitrogen and oxygen atoms in total. The average molecular weight is 399 g/mol. The number of amides is 3. The van der Waals surface area contributed by atoms with E-state index in [9.17, 15) is 14.7 Å². The second-order valence-corrected chi connectivity index (χ2v) is 8.29. The summed E-state index contributed by atoms with van der Waals surface area (Å²) in [6.45, 7) is 4.92. The van der Waals surface area contributed by atoms with Crippen molar-refractivity contribution in [1.82, 2.24) is 20.0 Å². The van der Waals surface area contributed by atoms with E-state index in [4.69, 9.17) is 0 Å². The standard InChI is InChI=1S/C22H30N4O3/c1-15(2)23-22(29)25-12-18-21(19(14-27)26(18)20(28)13-25)17-9-7-16(8-10-17)6-5-11-24(3)4/h7-10,15,18-19,21,27H,11-14H2,1-4H3,(H,23,29)/t18-,19-,21-/m1/s1. The van der Waals surface area contributed by atoms with Gasteiger partial charge in [-0.05, 0) is 45.6 Å². The summed E-state index contributed by atoms with van der Waals surface area (Å²) in [6, 6.07) is 7.42. The minimum atomic E-state index is -0.242. The monoisotopic (exact) mass is 398 g/mol. The molecule has 2 heterocycles. The fourth-order valence-electron chi connectivity index (χ4n) is 4.08. The molecule has 2 saturated heterocycles. The third-order valence-electron chi connectivity index (χ3n) is 5.38. The fraction of sp³-hybridized carbons (Fsp3) is 0.545. The lowest BCUT2D eigenvalue weighted by molar-refractivity contribution is -0.159. The highest BCUT2D eigenvalue weighted by Gasteiger charge is 2.54. The predicted molar refractivity (Wildman–Crippen MR) is 111 cm³/mol. The van der Waals surface area contributed by atoms with E-state index >= 15 is 0 Å². The van der Waals surface area contributed by atoms with Gasteiger partial charge in [-0.2, -0.15) is 0 Å². The second-order valence-electron chi connectivity index (χ2n) is 8.29. The number of nitrogens with zero attached hydrogens (tertiary/aromatic N) is 3. The van der Waals surface area contributed by atoms with Crippen LogP contribution in [0.15, 0.2) is 24.3 Å². The molecule has 0 unspecified atom stereocenters. The van der Waals surface area contributed by atoms with E-state index in [2.05, 4.69) is 17.2 Å². The van der Waals surface area contributed by atoms with E-state index in [0.717, 1.165) is 11.1 Å². The van der Waals surface area contributed by atoms with Gasteiger partial charge >= 0.3 is 6.03 Å². The lowest BCUT2D eigenvalue weighted by Crippen LogP contribution is -2.74. The largest absolute Gasteiger partial charge is 0.394 e. The Hall–Kier alpha value is -2.56. The number of fused-ring (bicyclic) bond motifs is 1. The van der Waals surface area contributed by atoms with E-state index in [0.29, 0.717) is 13.1 Å². The Morgan fingerprint density at radius 1 is 1.31 bits per heavy atom. The molecule has 2 fully saturated rings. The van der Waals surface area contributed by atoms with Crippen LogP contribution in [0.2, 0.25) is 0 Å². The molecule has 0 bridgehead atoms. The number of hydrogen-bond acceptors (Lipinski definition) is 4. The average Bonchev–Trinajstić information content (AvgIpc) is 2.63. The van der Waals surface area contributed by atoms with E-state index < -0.39 is 0 Å². The van der Waals surface area contributed by atoms with Gasteiger partial charge in [0.15, 0.2) is 0 Å². The van der Waals surface area contributed by atoms with Gasteiger partial charge in [0.05, 0.1) is 25.2 Å². The number of hydrogen-bond donors (Lipinski definition) is 2. The van der Waals surface area contributed by atoms with Crippen molar-refractivity contribution in [1.29, 1.82) is 0 Å². The smallest absolute Gasteiger partial charge is 0.318 e. The van der Waals surface area contributed by atoms with Crippen LogP contribution < -0.4 is 5.32 Å². The normalized spacial score (nSPS) is 23.4. The molecule has 0 saturated carbocycles. The Morgan fingerprint density at radius 3 is 2.59 bits per heavy atom. The van der Waals surface area contributed by atoms with Crippen molar-refractivity contribution < 1.29 is 14.7 Å². The van der Waals surface area contributed by atoms with Crippen molar-refractivity contribution >= 4 is 11.9 Å². The molecular formula is C22H30N4O3. The fourth-order valence-corrected chi connectivity index (χ4v) is 4.08. The highest BCUT2D eigenvalue weighted by molar-refractivity contribution is 5.87. The molecule has 7 heteroatoms. The summed E-state index contributed by atoms with van der Waals surface area (Å²) >= 11 is 0. The van der Waals surface area contributed by atoms with Crippen LogP contribution in [0.4, 0.5) is 4.79 Å². The Kier molecular flexibility index (Phi) is 6.46. The zero-order valence-electron chi connectivity index (χ0n) is 17.6. The number of carbonyl (C=O) groups is 2. The summed E-state index contributed by atoms with van der Waals surface area (Å²) in [6.07, 6.45) is 0. The molecular weight excluding hydrogens is 368 g/mol. The highest BCUT2D eigenvalue weighted by atomic mass is 16.3. The summed E-state index contributed by atoms with van der Waals surface area (Å²) in [5.41, 5.74) is 1.99. The van der Waals surface area contributed by atoms with Crippen LogP contribution in [0.5, 0.6) is 0 Å². The molecule has 1 aromatic carbocycles. The van der Waals surface area contributed by atoms with Gasteiger partial charge in [-0.15, -0.1) is 0 Å². The summed E-state index contributed by atoms with van der Waals surface area (Å²) < 4.78 is 0. The lowest BCUT2D eigenvalue weighted by atomic mass is 9.73. The van der Waals surface area contributed by atoms with Gasteiger partial charge in [0, 0.05) is 24.1 Å². The molecule has 29 heavy (non-hydrogen) atoms. The SMILES string of the molecule is CC(C)NC(=O)N1CC(=O)N2[C@H](CO)[C@H](c3ccc(C#CCN(C)C)cc3)[C@H]2C1. The third kappa shape index (κ3) is 4.55. The van der Waals surface area contributed by atoms with Crippen LogP contribution >= 0.6 is 0 Å². The van der Waals surface area contributed by atoms with Gasteiger partial charge in [0.25, 0.3) is 0 Å². The maximum absolute atomic E-state index is 12.6. The van der Waals surface area contributed by atoms with Gasteiger partial charge in [-0.25, -0.2) is 4.79 Å². The van der Waals surface area contributed by atoms with Crippen molar-refractivity contribution in [3.63, 3.8) is 0 Å². The van der Waals surface area contributed by atoms with Crippen LogP contribution in [0.1, 0.15) is 30.9 Å². The van der Waals surface area contributed by atoms with Crippen LogP contribution in [0.3, 0.4) is 0 Å². The van der Waals surface area contributed by atoms with E-state index in [1.807, 2.05) is 57.1 Å². The van der Waals surface area contributed by atoms with E-state index in [1.165, 1.54) is 0 Å². The van der Waals surface area contributed by atoms with Crippen LogP contribution in [-0.4, -0.2) is 90.2 Å². The van der Waals surface area contributed by atoms with Crippen LogP contribution in [-0.2, 0) is 4.79 Å². The minimum Gasteiger partial charge on any atom is -0.394 e. The Bertz CT molecular complexity index is 810.